The summed E-state index contributed by atoms with van der Waals surface area (Å²) in [7, 11) is 0. The molecule has 0 radical (unpaired) electrons. The first-order valence-corrected chi connectivity index (χ1v) is 11.3. The molecule has 1 amide bonds. The van der Waals surface area contributed by atoms with E-state index in [4.69, 9.17) is 10.3 Å². The number of primary amides is 1. The Morgan fingerprint density at radius 3 is 2.90 bits per heavy atom. The minimum atomic E-state index is -0.675. The van der Waals surface area contributed by atoms with Crippen molar-refractivity contribution in [2.45, 2.75) is 82.9 Å². The number of unbranched alkanes of at least 4 members (excludes halogenated alkanes) is 4. The highest BCUT2D eigenvalue weighted by Crippen LogP contribution is 2.40. The predicted octanol–water partition coefficient (Wildman–Crippen LogP) is 3.16. The molecule has 0 saturated carbocycles. The average Bonchev–Trinajstić information content (AvgIpc) is 3.45. The van der Waals surface area contributed by atoms with Crippen molar-refractivity contribution in [2.24, 2.45) is 5.73 Å². The molecular weight excluding hydrogens is 380 g/mol. The number of nitrogens with two attached hydrogens (primary N) is 1. The van der Waals surface area contributed by atoms with Gasteiger partial charge in [-0.3, -0.25) is 9.69 Å². The van der Waals surface area contributed by atoms with E-state index in [0.717, 1.165) is 31.2 Å². The molecule has 7 nitrogen and oxygen atoms in total. The molecule has 3 atom stereocenters. The number of aryl methyl sites for hydroxylation is 2. The summed E-state index contributed by atoms with van der Waals surface area (Å²) in [6.07, 6.45) is 8.64. The third-order valence-corrected chi connectivity index (χ3v) is 6.51. The second kappa shape index (κ2) is 9.27. The Balaban J connectivity index is 1.44. The number of benzene rings is 1. The lowest BCUT2D eigenvalue weighted by atomic mass is 10.0. The Hall–Kier alpha value is -2.25. The van der Waals surface area contributed by atoms with E-state index >= 15 is 0 Å². The molecule has 0 spiro atoms. The molecule has 1 aliphatic heterocycles. The number of nitrogens with zero attached hydrogens (tertiary/aromatic N) is 3. The molecule has 7 heteroatoms. The zero-order chi connectivity index (χ0) is 21.1. The second-order valence-corrected chi connectivity index (χ2v) is 8.59. The molecule has 162 valence electrons. The van der Waals surface area contributed by atoms with Gasteiger partial charge >= 0.3 is 0 Å². The quantitative estimate of drug-likeness (QED) is 0.613. The fourth-order valence-electron chi connectivity index (χ4n) is 4.93. The number of hydrogen-bond acceptors (Lipinski definition) is 6. The molecule has 1 aromatic heterocycles. The monoisotopic (exact) mass is 412 g/mol. The third kappa shape index (κ3) is 4.27. The first kappa shape index (κ1) is 21.0. The number of aliphatic hydroxyl groups excluding tert-OH is 1. The van der Waals surface area contributed by atoms with E-state index < -0.39 is 18.1 Å². The number of rotatable bonds is 9. The average molecular weight is 413 g/mol. The number of fused-ring (bicyclic) bond motifs is 1. The lowest BCUT2D eigenvalue weighted by Crippen LogP contribution is -2.46. The van der Waals surface area contributed by atoms with Crippen LogP contribution in [-0.2, 0) is 17.6 Å². The van der Waals surface area contributed by atoms with E-state index in [9.17, 15) is 9.90 Å². The van der Waals surface area contributed by atoms with E-state index in [2.05, 4.69) is 34.1 Å². The number of likely N-dealkylation sites (tertiary alicyclic amines) is 1. The van der Waals surface area contributed by atoms with Gasteiger partial charge in [-0.2, -0.15) is 4.98 Å². The molecule has 0 bridgehead atoms. The smallest absolute Gasteiger partial charge is 0.237 e. The standard InChI is InChI=1S/C23H32N4O3/c1-2-3-4-5-6-7-20-25-23(26-30-20)16-8-10-17-15(14-16)9-11-18(17)27-13-12-19(28)21(27)22(24)29/h8,10,14,18-19,21,28H,2-7,9,11-13H2,1H3,(H2,24,29)/t18?,19?,21-/m1/s1. The Labute approximate surface area is 177 Å². The summed E-state index contributed by atoms with van der Waals surface area (Å²) >= 11 is 0. The lowest BCUT2D eigenvalue weighted by Gasteiger charge is -2.30. The van der Waals surface area contributed by atoms with Crippen molar-refractivity contribution < 1.29 is 14.4 Å². The van der Waals surface area contributed by atoms with Gasteiger partial charge in [0.15, 0.2) is 0 Å². The van der Waals surface area contributed by atoms with Crippen molar-refractivity contribution in [3.05, 3.63) is 35.2 Å². The van der Waals surface area contributed by atoms with Crippen molar-refractivity contribution in [3.8, 4) is 11.4 Å². The van der Waals surface area contributed by atoms with E-state index in [1.807, 2.05) is 6.07 Å². The molecule has 2 heterocycles. The number of aromatic nitrogens is 2. The predicted molar refractivity (Wildman–Crippen MR) is 114 cm³/mol. The molecule has 1 fully saturated rings. The summed E-state index contributed by atoms with van der Waals surface area (Å²) < 4.78 is 5.45. The van der Waals surface area contributed by atoms with Gasteiger partial charge in [0, 0.05) is 24.6 Å². The zero-order valence-electron chi connectivity index (χ0n) is 17.7. The summed E-state index contributed by atoms with van der Waals surface area (Å²) in [6.45, 7) is 2.90. The van der Waals surface area contributed by atoms with Crippen molar-refractivity contribution in [1.29, 1.82) is 0 Å². The van der Waals surface area contributed by atoms with Crippen LogP contribution >= 0.6 is 0 Å². The fourth-order valence-corrected chi connectivity index (χ4v) is 4.93. The minimum Gasteiger partial charge on any atom is -0.391 e. The number of aliphatic hydroxyl groups is 1. The third-order valence-electron chi connectivity index (χ3n) is 6.51. The molecule has 2 aliphatic rings. The van der Waals surface area contributed by atoms with Crippen molar-refractivity contribution in [2.75, 3.05) is 6.54 Å². The van der Waals surface area contributed by atoms with Crippen LogP contribution in [0.15, 0.2) is 22.7 Å². The van der Waals surface area contributed by atoms with E-state index in [1.54, 1.807) is 0 Å². The molecule has 1 aliphatic carbocycles. The van der Waals surface area contributed by atoms with Crippen molar-refractivity contribution in [3.63, 3.8) is 0 Å². The van der Waals surface area contributed by atoms with Gasteiger partial charge in [-0.25, -0.2) is 0 Å². The van der Waals surface area contributed by atoms with Gasteiger partial charge in [0.25, 0.3) is 0 Å². The summed E-state index contributed by atoms with van der Waals surface area (Å²) in [6, 6.07) is 5.78. The number of amides is 1. The highest BCUT2D eigenvalue weighted by molar-refractivity contribution is 5.81. The molecular formula is C23H32N4O3. The van der Waals surface area contributed by atoms with Gasteiger partial charge in [-0.05, 0) is 42.9 Å². The molecule has 2 aromatic rings. The van der Waals surface area contributed by atoms with Crippen LogP contribution in [0.3, 0.4) is 0 Å². The van der Waals surface area contributed by atoms with Gasteiger partial charge in [0.1, 0.15) is 6.04 Å². The SMILES string of the molecule is CCCCCCCc1nc(-c2ccc3c(c2)CCC3N2CCC(O)[C@@H]2C(N)=O)no1. The zero-order valence-corrected chi connectivity index (χ0v) is 17.7. The van der Waals surface area contributed by atoms with Gasteiger partial charge in [-0.1, -0.05) is 49.9 Å². The fraction of sp³-hybridized carbons (Fsp3) is 0.609. The normalized spacial score (nSPS) is 23.7. The highest BCUT2D eigenvalue weighted by atomic mass is 16.5. The largest absolute Gasteiger partial charge is 0.391 e. The first-order valence-electron chi connectivity index (χ1n) is 11.3. The van der Waals surface area contributed by atoms with Crippen LogP contribution in [0.2, 0.25) is 0 Å². The summed E-state index contributed by atoms with van der Waals surface area (Å²) in [5.41, 5.74) is 8.97. The maximum absolute atomic E-state index is 11.9. The molecule has 2 unspecified atom stereocenters. The Morgan fingerprint density at radius 1 is 1.27 bits per heavy atom. The Morgan fingerprint density at radius 2 is 2.10 bits per heavy atom. The molecule has 4 rings (SSSR count). The maximum Gasteiger partial charge on any atom is 0.237 e. The highest BCUT2D eigenvalue weighted by Gasteiger charge is 2.42. The maximum atomic E-state index is 11.9. The van der Waals surface area contributed by atoms with Crippen LogP contribution < -0.4 is 5.73 Å². The molecule has 3 N–H and O–H groups in total. The van der Waals surface area contributed by atoms with E-state index in [0.29, 0.717) is 24.7 Å². The summed E-state index contributed by atoms with van der Waals surface area (Å²) in [5, 5.41) is 14.3. The van der Waals surface area contributed by atoms with Crippen LogP contribution in [0.1, 0.15) is 74.9 Å². The summed E-state index contributed by atoms with van der Waals surface area (Å²) in [5.74, 6) is 0.894. The van der Waals surface area contributed by atoms with Crippen LogP contribution in [0.5, 0.6) is 0 Å². The Bertz CT molecular complexity index is 881. The topological polar surface area (TPSA) is 105 Å². The van der Waals surface area contributed by atoms with Crippen LogP contribution in [0, 0.1) is 0 Å². The van der Waals surface area contributed by atoms with E-state index in [1.165, 1.54) is 36.8 Å². The molecule has 1 aromatic carbocycles. The molecule has 1 saturated heterocycles. The number of carbonyl (C=O) groups excluding carboxylic acids is 1. The summed E-state index contributed by atoms with van der Waals surface area (Å²) in [4.78, 5) is 18.5. The van der Waals surface area contributed by atoms with Crippen LogP contribution in [0.25, 0.3) is 11.4 Å². The lowest BCUT2D eigenvalue weighted by molar-refractivity contribution is -0.125. The van der Waals surface area contributed by atoms with Crippen molar-refractivity contribution >= 4 is 5.91 Å². The van der Waals surface area contributed by atoms with Crippen LogP contribution in [0.4, 0.5) is 0 Å². The van der Waals surface area contributed by atoms with Gasteiger partial charge in [0.2, 0.25) is 17.6 Å². The Kier molecular flexibility index (Phi) is 6.49. The van der Waals surface area contributed by atoms with Crippen LogP contribution in [-0.4, -0.2) is 44.7 Å². The number of hydrogen-bond donors (Lipinski definition) is 2. The number of carbonyl (C=O) groups is 1. The van der Waals surface area contributed by atoms with Gasteiger partial charge in [-0.15, -0.1) is 0 Å². The van der Waals surface area contributed by atoms with E-state index in [-0.39, 0.29) is 6.04 Å². The molecule has 30 heavy (non-hydrogen) atoms. The first-order chi connectivity index (χ1) is 14.6. The second-order valence-electron chi connectivity index (χ2n) is 8.59. The van der Waals surface area contributed by atoms with Gasteiger partial charge < -0.3 is 15.4 Å². The van der Waals surface area contributed by atoms with Gasteiger partial charge in [0.05, 0.1) is 6.10 Å². The minimum absolute atomic E-state index is 0.118. The van der Waals surface area contributed by atoms with Crippen molar-refractivity contribution in [1.82, 2.24) is 15.0 Å².